The molecule has 0 saturated carbocycles. The number of hydrogen-bond donors (Lipinski definition) is 0. The molecule has 6 aromatic carbocycles. The summed E-state index contributed by atoms with van der Waals surface area (Å²) in [6.07, 6.45) is 0. The van der Waals surface area contributed by atoms with Crippen molar-refractivity contribution in [3.8, 4) is 67.8 Å². The normalized spacial score (nSPS) is 11.3. The molecule has 0 radical (unpaired) electrons. The Kier molecular flexibility index (Phi) is 8.57. The second-order valence-electron chi connectivity index (χ2n) is 13.2. The van der Waals surface area contributed by atoms with Crippen LogP contribution in [0.25, 0.3) is 67.8 Å². The predicted octanol–water partition coefficient (Wildman–Crippen LogP) is 11.6. The summed E-state index contributed by atoms with van der Waals surface area (Å²) >= 11 is 0. The third kappa shape index (κ3) is 6.72. The van der Waals surface area contributed by atoms with Crippen LogP contribution in [0.3, 0.4) is 0 Å². The lowest BCUT2D eigenvalue weighted by atomic mass is 9.77. The summed E-state index contributed by atoms with van der Waals surface area (Å²) in [5, 5.41) is 0. The van der Waals surface area contributed by atoms with Crippen molar-refractivity contribution < 1.29 is 0 Å². The fourth-order valence-corrected chi connectivity index (χ4v) is 6.42. The van der Waals surface area contributed by atoms with Crippen molar-refractivity contribution in [1.29, 1.82) is 0 Å². The molecule has 0 aliphatic rings. The van der Waals surface area contributed by atoms with Crippen LogP contribution >= 0.6 is 0 Å². The first-order chi connectivity index (χ1) is 25.0. The first-order valence-electron chi connectivity index (χ1n) is 17.2. The highest BCUT2D eigenvalue weighted by molar-refractivity contribution is 5.73. The first kappa shape index (κ1) is 31.7. The van der Waals surface area contributed by atoms with Gasteiger partial charge in [0.2, 0.25) is 0 Å². The third-order valence-corrected chi connectivity index (χ3v) is 9.46. The molecule has 4 nitrogen and oxygen atoms in total. The lowest BCUT2D eigenvalue weighted by molar-refractivity contribution is 0.641. The molecule has 0 saturated heterocycles. The van der Waals surface area contributed by atoms with Crippen LogP contribution in [0.1, 0.15) is 25.0 Å². The highest BCUT2D eigenvalue weighted by Gasteiger charge is 2.24. The van der Waals surface area contributed by atoms with E-state index in [1.165, 1.54) is 11.1 Å². The second-order valence-corrected chi connectivity index (χ2v) is 13.2. The van der Waals surface area contributed by atoms with Gasteiger partial charge in [0.1, 0.15) is 0 Å². The van der Waals surface area contributed by atoms with E-state index in [0.29, 0.717) is 11.6 Å². The van der Waals surface area contributed by atoms with Crippen LogP contribution in [-0.4, -0.2) is 19.9 Å². The summed E-state index contributed by atoms with van der Waals surface area (Å²) in [5.74, 6) is 1.43. The molecule has 0 fully saturated rings. The zero-order chi connectivity index (χ0) is 34.6. The fraction of sp³-hybridized carbons (Fsp3) is 0.0638. The number of benzene rings is 6. The molecule has 4 heteroatoms. The molecule has 8 aromatic rings. The molecule has 0 aliphatic carbocycles. The van der Waals surface area contributed by atoms with Gasteiger partial charge in [-0.1, -0.05) is 184 Å². The minimum Gasteiger partial charge on any atom is -0.228 e. The Balaban J connectivity index is 1.10. The molecule has 8 rings (SSSR count). The van der Waals surface area contributed by atoms with Crippen molar-refractivity contribution in [1.82, 2.24) is 19.9 Å². The average Bonchev–Trinajstić information content (AvgIpc) is 3.22. The molecule has 2 aromatic heterocycles. The van der Waals surface area contributed by atoms with Crippen molar-refractivity contribution in [3.63, 3.8) is 0 Å². The Bertz CT molecular complexity index is 2100. The van der Waals surface area contributed by atoms with Gasteiger partial charge in [0.25, 0.3) is 0 Å². The molecule has 2 heterocycles. The van der Waals surface area contributed by atoms with Crippen LogP contribution in [0, 0.1) is 0 Å². The Morgan fingerprint density at radius 2 is 0.549 bits per heavy atom. The fourth-order valence-electron chi connectivity index (χ4n) is 6.42. The molecule has 51 heavy (non-hydrogen) atoms. The molecule has 244 valence electrons. The SMILES string of the molecule is CC(C)(c1ccc(-c2cc(-c3ccccc3)nc(-c3ccccc3)n2)cc1)c1ccc(-c2cc(-c3ccccc3)nc(-c3ccccc3)n2)cc1. The monoisotopic (exact) mass is 656 g/mol. The van der Waals surface area contributed by atoms with E-state index in [-0.39, 0.29) is 5.41 Å². The van der Waals surface area contributed by atoms with Crippen LogP contribution in [0.15, 0.2) is 182 Å². The second kappa shape index (κ2) is 13.8. The molecular formula is C47H36N4. The van der Waals surface area contributed by atoms with Gasteiger partial charge in [0.15, 0.2) is 11.6 Å². The summed E-state index contributed by atoms with van der Waals surface area (Å²) in [7, 11) is 0. The van der Waals surface area contributed by atoms with Gasteiger partial charge >= 0.3 is 0 Å². The topological polar surface area (TPSA) is 51.6 Å². The quantitative estimate of drug-likeness (QED) is 0.163. The van der Waals surface area contributed by atoms with Crippen LogP contribution in [0.4, 0.5) is 0 Å². The first-order valence-corrected chi connectivity index (χ1v) is 17.2. The molecule has 0 unspecified atom stereocenters. The van der Waals surface area contributed by atoms with Crippen LogP contribution in [0.2, 0.25) is 0 Å². The number of rotatable bonds is 8. The Morgan fingerprint density at radius 1 is 0.294 bits per heavy atom. The Hall–Kier alpha value is -6.52. The molecule has 0 N–H and O–H groups in total. The van der Waals surface area contributed by atoms with Gasteiger partial charge < -0.3 is 0 Å². The van der Waals surface area contributed by atoms with E-state index in [2.05, 4.69) is 123 Å². The Morgan fingerprint density at radius 3 is 0.843 bits per heavy atom. The van der Waals surface area contributed by atoms with Crippen molar-refractivity contribution in [3.05, 3.63) is 193 Å². The minimum absolute atomic E-state index is 0.233. The summed E-state index contributed by atoms with van der Waals surface area (Å²) in [5.41, 5.74) is 12.0. The molecule has 0 bridgehead atoms. The highest BCUT2D eigenvalue weighted by atomic mass is 14.9. The maximum absolute atomic E-state index is 5.02. The molecular weight excluding hydrogens is 621 g/mol. The zero-order valence-electron chi connectivity index (χ0n) is 28.6. The lowest BCUT2D eigenvalue weighted by Gasteiger charge is -2.26. The zero-order valence-corrected chi connectivity index (χ0v) is 28.6. The van der Waals surface area contributed by atoms with Crippen LogP contribution in [-0.2, 0) is 5.41 Å². The van der Waals surface area contributed by atoms with E-state index < -0.39 is 0 Å². The van der Waals surface area contributed by atoms with E-state index in [1.54, 1.807) is 0 Å². The van der Waals surface area contributed by atoms with Gasteiger partial charge in [-0.3, -0.25) is 0 Å². The van der Waals surface area contributed by atoms with Crippen molar-refractivity contribution >= 4 is 0 Å². The van der Waals surface area contributed by atoms with Gasteiger partial charge in [-0.15, -0.1) is 0 Å². The highest BCUT2D eigenvalue weighted by Crippen LogP contribution is 2.35. The van der Waals surface area contributed by atoms with Gasteiger partial charge in [-0.2, -0.15) is 0 Å². The third-order valence-electron chi connectivity index (χ3n) is 9.46. The lowest BCUT2D eigenvalue weighted by Crippen LogP contribution is -2.18. The van der Waals surface area contributed by atoms with E-state index >= 15 is 0 Å². The summed E-state index contributed by atoms with van der Waals surface area (Å²) in [6.45, 7) is 4.54. The van der Waals surface area contributed by atoms with Crippen LogP contribution < -0.4 is 0 Å². The number of nitrogens with zero attached hydrogens (tertiary/aromatic N) is 4. The standard InChI is InChI=1S/C47H36N4/c1-47(2,39-27-23-35(24-28-39)43-31-41(33-15-7-3-8-16-33)48-45(50-43)37-19-11-5-12-20-37)40-29-25-36(26-30-40)44-32-42(34-17-9-4-10-18-34)49-46(51-44)38-21-13-6-14-22-38/h3-32H,1-2H3. The molecule has 0 amide bonds. The minimum atomic E-state index is -0.233. The molecule has 0 spiro atoms. The van der Waals surface area contributed by atoms with E-state index in [0.717, 1.165) is 56.2 Å². The maximum atomic E-state index is 5.02. The van der Waals surface area contributed by atoms with Crippen molar-refractivity contribution in [2.45, 2.75) is 19.3 Å². The van der Waals surface area contributed by atoms with E-state index in [1.807, 2.05) is 72.8 Å². The van der Waals surface area contributed by atoms with Crippen molar-refractivity contribution in [2.24, 2.45) is 0 Å². The maximum Gasteiger partial charge on any atom is 0.160 e. The molecule has 0 atom stereocenters. The average molecular weight is 657 g/mol. The smallest absolute Gasteiger partial charge is 0.160 e. The van der Waals surface area contributed by atoms with Crippen LogP contribution in [0.5, 0.6) is 0 Å². The largest absolute Gasteiger partial charge is 0.228 e. The van der Waals surface area contributed by atoms with Crippen molar-refractivity contribution in [2.75, 3.05) is 0 Å². The van der Waals surface area contributed by atoms with Gasteiger partial charge in [0.05, 0.1) is 22.8 Å². The van der Waals surface area contributed by atoms with Gasteiger partial charge in [-0.25, -0.2) is 19.9 Å². The number of hydrogen-bond acceptors (Lipinski definition) is 4. The summed E-state index contributed by atoms with van der Waals surface area (Å²) in [4.78, 5) is 19.9. The van der Waals surface area contributed by atoms with Gasteiger partial charge in [-0.05, 0) is 23.3 Å². The Labute approximate surface area is 299 Å². The molecule has 0 aliphatic heterocycles. The van der Waals surface area contributed by atoms with Gasteiger partial charge in [0, 0.05) is 38.8 Å². The summed E-state index contributed by atoms with van der Waals surface area (Å²) in [6, 6.07) is 62.7. The van der Waals surface area contributed by atoms with E-state index in [9.17, 15) is 0 Å². The summed E-state index contributed by atoms with van der Waals surface area (Å²) < 4.78 is 0. The number of aromatic nitrogens is 4. The predicted molar refractivity (Wildman–Crippen MR) is 209 cm³/mol. The van der Waals surface area contributed by atoms with E-state index in [4.69, 9.17) is 19.9 Å².